The second kappa shape index (κ2) is 7.36. The van der Waals surface area contributed by atoms with E-state index >= 15 is 0 Å². The summed E-state index contributed by atoms with van der Waals surface area (Å²) in [7, 11) is 3.63. The Morgan fingerprint density at radius 3 is 2.93 bits per heavy atom. The second-order valence-corrected chi connectivity index (χ2v) is 3.41. The zero-order chi connectivity index (χ0) is 10.9. The molecule has 1 rings (SSSR count). The van der Waals surface area contributed by atoms with Crippen LogP contribution >= 0.6 is 0 Å². The number of hydrogen-bond donors (Lipinski definition) is 1. The summed E-state index contributed by atoms with van der Waals surface area (Å²) >= 11 is 0. The topological polar surface area (TPSA) is 60.2 Å². The standard InChI is InChI=1S/C10H19N3O2/c1-11-7-3-5-9-12-10(15-13-9)6-4-8-14-2/h11H,3-8H2,1-2H3. The summed E-state index contributed by atoms with van der Waals surface area (Å²) in [5.41, 5.74) is 0. The van der Waals surface area contributed by atoms with Gasteiger partial charge < -0.3 is 14.6 Å². The van der Waals surface area contributed by atoms with Gasteiger partial charge in [-0.25, -0.2) is 0 Å². The molecule has 5 nitrogen and oxygen atoms in total. The Balaban J connectivity index is 2.23. The van der Waals surface area contributed by atoms with Crippen molar-refractivity contribution < 1.29 is 9.26 Å². The zero-order valence-electron chi connectivity index (χ0n) is 9.45. The van der Waals surface area contributed by atoms with Crippen LogP contribution in [0.1, 0.15) is 24.6 Å². The van der Waals surface area contributed by atoms with E-state index in [4.69, 9.17) is 9.26 Å². The highest BCUT2D eigenvalue weighted by molar-refractivity contribution is 4.86. The number of ether oxygens (including phenoxy) is 1. The first-order chi connectivity index (χ1) is 7.36. The van der Waals surface area contributed by atoms with Crippen molar-refractivity contribution in [3.8, 4) is 0 Å². The summed E-state index contributed by atoms with van der Waals surface area (Å²) in [6.07, 6.45) is 3.63. The quantitative estimate of drug-likeness (QED) is 0.647. The first kappa shape index (κ1) is 12.1. The van der Waals surface area contributed by atoms with Crippen LogP contribution in [0.3, 0.4) is 0 Å². The smallest absolute Gasteiger partial charge is 0.226 e. The summed E-state index contributed by atoms with van der Waals surface area (Å²) in [5, 5.41) is 7.00. The highest BCUT2D eigenvalue weighted by atomic mass is 16.5. The van der Waals surface area contributed by atoms with Gasteiger partial charge in [-0.15, -0.1) is 0 Å². The summed E-state index contributed by atoms with van der Waals surface area (Å²) in [5.74, 6) is 1.52. The van der Waals surface area contributed by atoms with E-state index in [0.717, 1.165) is 44.7 Å². The van der Waals surface area contributed by atoms with Gasteiger partial charge in [0.15, 0.2) is 5.82 Å². The molecular formula is C10H19N3O2. The van der Waals surface area contributed by atoms with Crippen molar-refractivity contribution in [2.75, 3.05) is 27.3 Å². The van der Waals surface area contributed by atoms with E-state index in [1.165, 1.54) is 0 Å². The van der Waals surface area contributed by atoms with Crippen molar-refractivity contribution in [2.45, 2.75) is 25.7 Å². The number of rotatable bonds is 8. The van der Waals surface area contributed by atoms with E-state index < -0.39 is 0 Å². The van der Waals surface area contributed by atoms with Crippen LogP contribution in [0.5, 0.6) is 0 Å². The van der Waals surface area contributed by atoms with E-state index in [1.807, 2.05) is 7.05 Å². The average Bonchev–Trinajstić information content (AvgIpc) is 2.67. The number of methoxy groups -OCH3 is 1. The third kappa shape index (κ3) is 4.90. The number of hydrogen-bond acceptors (Lipinski definition) is 5. The van der Waals surface area contributed by atoms with Crippen molar-refractivity contribution in [3.05, 3.63) is 11.7 Å². The lowest BCUT2D eigenvalue weighted by molar-refractivity contribution is 0.192. The van der Waals surface area contributed by atoms with Crippen molar-refractivity contribution >= 4 is 0 Å². The van der Waals surface area contributed by atoms with Crippen LogP contribution in [0.4, 0.5) is 0 Å². The van der Waals surface area contributed by atoms with E-state index in [1.54, 1.807) is 7.11 Å². The first-order valence-corrected chi connectivity index (χ1v) is 5.32. The molecule has 15 heavy (non-hydrogen) atoms. The number of aryl methyl sites for hydroxylation is 2. The van der Waals surface area contributed by atoms with Crippen LogP contribution in [0.2, 0.25) is 0 Å². The maximum Gasteiger partial charge on any atom is 0.226 e. The molecule has 0 aliphatic rings. The molecule has 1 aromatic rings. The van der Waals surface area contributed by atoms with Gasteiger partial charge in [-0.05, 0) is 26.4 Å². The maximum atomic E-state index is 5.10. The van der Waals surface area contributed by atoms with Gasteiger partial charge in [0.2, 0.25) is 5.89 Å². The molecule has 0 atom stereocenters. The summed E-state index contributed by atoms with van der Waals surface area (Å²) in [4.78, 5) is 4.29. The van der Waals surface area contributed by atoms with Gasteiger partial charge in [0.25, 0.3) is 0 Å². The van der Waals surface area contributed by atoms with Crippen LogP contribution < -0.4 is 5.32 Å². The van der Waals surface area contributed by atoms with Crippen LogP contribution in [-0.4, -0.2) is 37.4 Å². The Morgan fingerprint density at radius 1 is 1.33 bits per heavy atom. The van der Waals surface area contributed by atoms with Gasteiger partial charge in [0.1, 0.15) is 0 Å². The molecular weight excluding hydrogens is 194 g/mol. The van der Waals surface area contributed by atoms with Crippen LogP contribution in [0.25, 0.3) is 0 Å². The fraction of sp³-hybridized carbons (Fsp3) is 0.800. The molecule has 5 heteroatoms. The third-order valence-electron chi connectivity index (χ3n) is 2.08. The van der Waals surface area contributed by atoms with Gasteiger partial charge in [0, 0.05) is 26.6 Å². The third-order valence-corrected chi connectivity index (χ3v) is 2.08. The maximum absolute atomic E-state index is 5.10. The summed E-state index contributed by atoms with van der Waals surface area (Å²) in [6, 6.07) is 0. The summed E-state index contributed by atoms with van der Waals surface area (Å²) < 4.78 is 10.1. The fourth-order valence-corrected chi connectivity index (χ4v) is 1.28. The Morgan fingerprint density at radius 2 is 2.20 bits per heavy atom. The molecule has 0 saturated carbocycles. The monoisotopic (exact) mass is 213 g/mol. The predicted molar refractivity (Wildman–Crippen MR) is 56.7 cm³/mol. The Labute approximate surface area is 90.2 Å². The van der Waals surface area contributed by atoms with Gasteiger partial charge in [-0.1, -0.05) is 5.16 Å². The Hall–Kier alpha value is -0.940. The van der Waals surface area contributed by atoms with E-state index in [9.17, 15) is 0 Å². The van der Waals surface area contributed by atoms with E-state index in [-0.39, 0.29) is 0 Å². The molecule has 0 radical (unpaired) electrons. The largest absolute Gasteiger partial charge is 0.385 e. The molecule has 0 spiro atoms. The first-order valence-electron chi connectivity index (χ1n) is 5.32. The lowest BCUT2D eigenvalue weighted by Crippen LogP contribution is -2.08. The molecule has 1 aromatic heterocycles. The second-order valence-electron chi connectivity index (χ2n) is 3.41. The van der Waals surface area contributed by atoms with Gasteiger partial charge >= 0.3 is 0 Å². The molecule has 1 N–H and O–H groups in total. The van der Waals surface area contributed by atoms with Crippen LogP contribution in [0, 0.1) is 0 Å². The average molecular weight is 213 g/mol. The van der Waals surface area contributed by atoms with Gasteiger partial charge in [0.05, 0.1) is 0 Å². The van der Waals surface area contributed by atoms with Crippen molar-refractivity contribution in [1.29, 1.82) is 0 Å². The molecule has 0 saturated heterocycles. The molecule has 0 aromatic carbocycles. The van der Waals surface area contributed by atoms with Crippen molar-refractivity contribution in [1.82, 2.24) is 15.5 Å². The molecule has 0 unspecified atom stereocenters. The summed E-state index contributed by atoms with van der Waals surface area (Å²) in [6.45, 7) is 1.71. The van der Waals surface area contributed by atoms with Crippen molar-refractivity contribution in [2.24, 2.45) is 0 Å². The number of nitrogens with zero attached hydrogens (tertiary/aromatic N) is 2. The SMILES string of the molecule is CNCCCc1noc(CCCOC)n1. The highest BCUT2D eigenvalue weighted by Crippen LogP contribution is 2.02. The lowest BCUT2D eigenvalue weighted by atomic mass is 10.3. The van der Waals surface area contributed by atoms with Crippen LogP contribution in [0.15, 0.2) is 4.52 Å². The van der Waals surface area contributed by atoms with Crippen LogP contribution in [-0.2, 0) is 17.6 Å². The minimum Gasteiger partial charge on any atom is -0.385 e. The number of aromatic nitrogens is 2. The van der Waals surface area contributed by atoms with Crippen molar-refractivity contribution in [3.63, 3.8) is 0 Å². The molecule has 0 aliphatic heterocycles. The zero-order valence-corrected chi connectivity index (χ0v) is 9.45. The lowest BCUT2D eigenvalue weighted by Gasteiger charge is -1.94. The minimum absolute atomic E-state index is 0.714. The Kier molecular flexibility index (Phi) is 5.96. The van der Waals surface area contributed by atoms with E-state index in [2.05, 4.69) is 15.5 Å². The normalized spacial score (nSPS) is 10.8. The molecule has 0 fully saturated rings. The molecule has 0 bridgehead atoms. The highest BCUT2D eigenvalue weighted by Gasteiger charge is 2.05. The molecule has 0 aliphatic carbocycles. The Bertz CT molecular complexity index is 238. The molecule has 86 valence electrons. The molecule has 1 heterocycles. The fourth-order valence-electron chi connectivity index (χ4n) is 1.28. The van der Waals surface area contributed by atoms with Gasteiger partial charge in [-0.2, -0.15) is 4.98 Å². The molecule has 0 amide bonds. The predicted octanol–water partition coefficient (Wildman–Crippen LogP) is 0.801. The van der Waals surface area contributed by atoms with Gasteiger partial charge in [-0.3, -0.25) is 0 Å². The minimum atomic E-state index is 0.714. The number of nitrogens with one attached hydrogen (secondary N) is 1. The van der Waals surface area contributed by atoms with E-state index in [0.29, 0.717) is 5.89 Å².